The SMILES string of the molecule is CC(C)C1CCC(CNC(=O)c2cc3nc(Nc4c(F)cccc4Cl)n(C)c3cc2F)CC1. The normalized spacial score (nSPS) is 18.6. The fraction of sp³-hybridized carbons (Fsp3) is 0.440. The van der Waals surface area contributed by atoms with Crippen LogP contribution in [0.25, 0.3) is 11.0 Å². The van der Waals surface area contributed by atoms with Crippen LogP contribution in [0.4, 0.5) is 20.4 Å². The van der Waals surface area contributed by atoms with E-state index in [0.29, 0.717) is 29.4 Å². The maximum Gasteiger partial charge on any atom is 0.254 e. The number of carbonyl (C=O) groups excluding carboxylic acids is 1. The number of imidazole rings is 1. The largest absolute Gasteiger partial charge is 0.352 e. The standard InChI is InChI=1S/C25H29ClF2N4O/c1-14(2)16-9-7-15(8-10-16)13-29-24(33)17-11-21-22(12-20(17)28)32(3)25(30-21)31-23-18(26)5-4-6-19(23)27/h4-6,11-12,14-16H,7-10,13H2,1-3H3,(H,29,33)(H,30,31). The lowest BCUT2D eigenvalue weighted by atomic mass is 9.77. The summed E-state index contributed by atoms with van der Waals surface area (Å²) in [7, 11) is 1.68. The summed E-state index contributed by atoms with van der Waals surface area (Å²) in [5.74, 6) is 0.558. The van der Waals surface area contributed by atoms with Gasteiger partial charge < -0.3 is 15.2 Å². The van der Waals surface area contributed by atoms with Crippen LogP contribution >= 0.6 is 11.6 Å². The highest BCUT2D eigenvalue weighted by atomic mass is 35.5. The van der Waals surface area contributed by atoms with Gasteiger partial charge in [0.05, 0.1) is 27.3 Å². The number of benzene rings is 2. The summed E-state index contributed by atoms with van der Waals surface area (Å²) in [6.07, 6.45) is 4.51. The van der Waals surface area contributed by atoms with Crippen LogP contribution in [0.1, 0.15) is 49.9 Å². The average molecular weight is 475 g/mol. The van der Waals surface area contributed by atoms with E-state index >= 15 is 0 Å². The molecule has 0 spiro atoms. The highest BCUT2D eigenvalue weighted by Crippen LogP contribution is 2.33. The zero-order chi connectivity index (χ0) is 23.7. The number of aromatic nitrogens is 2. The molecule has 1 aromatic heterocycles. The Morgan fingerprint density at radius 2 is 1.91 bits per heavy atom. The van der Waals surface area contributed by atoms with E-state index in [-0.39, 0.29) is 22.2 Å². The number of nitrogens with zero attached hydrogens (tertiary/aromatic N) is 2. The Balaban J connectivity index is 1.49. The van der Waals surface area contributed by atoms with E-state index < -0.39 is 17.5 Å². The third kappa shape index (κ3) is 4.98. The van der Waals surface area contributed by atoms with Crippen molar-refractivity contribution >= 4 is 40.2 Å². The van der Waals surface area contributed by atoms with Gasteiger partial charge in [0.15, 0.2) is 0 Å². The van der Waals surface area contributed by atoms with Gasteiger partial charge in [-0.05, 0) is 61.6 Å². The second kappa shape index (κ2) is 9.67. The summed E-state index contributed by atoms with van der Waals surface area (Å²) in [5.41, 5.74) is 0.942. The summed E-state index contributed by atoms with van der Waals surface area (Å²) in [6.45, 7) is 5.06. The third-order valence-electron chi connectivity index (χ3n) is 6.80. The lowest BCUT2D eigenvalue weighted by Crippen LogP contribution is -2.32. The molecule has 0 unspecified atom stereocenters. The number of hydrogen-bond acceptors (Lipinski definition) is 3. The number of anilines is 2. The van der Waals surface area contributed by atoms with Crippen molar-refractivity contribution in [3.05, 3.63) is 52.6 Å². The molecule has 8 heteroatoms. The Hall–Kier alpha value is -2.67. The first-order valence-corrected chi connectivity index (χ1v) is 11.8. The molecule has 1 amide bonds. The summed E-state index contributed by atoms with van der Waals surface area (Å²) in [6, 6.07) is 7.07. The second-order valence-corrected chi connectivity index (χ2v) is 9.68. The van der Waals surface area contributed by atoms with Gasteiger partial charge >= 0.3 is 0 Å². The minimum atomic E-state index is -0.623. The van der Waals surface area contributed by atoms with Gasteiger partial charge in [0.1, 0.15) is 11.6 Å². The molecule has 1 saturated carbocycles. The third-order valence-corrected chi connectivity index (χ3v) is 7.11. The molecule has 1 fully saturated rings. The number of carbonyl (C=O) groups is 1. The Bertz CT molecular complexity index is 1150. The molecule has 5 nitrogen and oxygen atoms in total. The monoisotopic (exact) mass is 474 g/mol. The molecule has 1 aliphatic rings. The number of nitrogens with one attached hydrogen (secondary N) is 2. The van der Waals surface area contributed by atoms with Crippen LogP contribution in [0, 0.1) is 29.4 Å². The molecule has 3 aromatic rings. The zero-order valence-corrected chi connectivity index (χ0v) is 19.8. The van der Waals surface area contributed by atoms with Gasteiger partial charge in [-0.15, -0.1) is 0 Å². The minimum Gasteiger partial charge on any atom is -0.352 e. The Kier molecular flexibility index (Phi) is 6.88. The van der Waals surface area contributed by atoms with Gasteiger partial charge in [0.2, 0.25) is 5.95 Å². The summed E-state index contributed by atoms with van der Waals surface area (Å²) in [4.78, 5) is 17.2. The van der Waals surface area contributed by atoms with Gasteiger partial charge in [0.25, 0.3) is 5.91 Å². The van der Waals surface area contributed by atoms with E-state index in [9.17, 15) is 13.6 Å². The molecule has 0 atom stereocenters. The topological polar surface area (TPSA) is 59.0 Å². The van der Waals surface area contributed by atoms with Crippen LogP contribution < -0.4 is 10.6 Å². The number of amides is 1. The lowest BCUT2D eigenvalue weighted by Gasteiger charge is -2.30. The molecule has 176 valence electrons. The molecule has 2 aromatic carbocycles. The van der Waals surface area contributed by atoms with Crippen LogP contribution in [0.3, 0.4) is 0 Å². The average Bonchev–Trinajstić information content (AvgIpc) is 3.09. The number of hydrogen-bond donors (Lipinski definition) is 2. The Morgan fingerprint density at radius 3 is 2.58 bits per heavy atom. The van der Waals surface area contributed by atoms with Gasteiger partial charge in [-0.1, -0.05) is 31.5 Å². The highest BCUT2D eigenvalue weighted by molar-refractivity contribution is 6.33. The molecule has 4 rings (SSSR count). The lowest BCUT2D eigenvalue weighted by molar-refractivity contribution is 0.0935. The van der Waals surface area contributed by atoms with Gasteiger partial charge in [-0.2, -0.15) is 0 Å². The van der Waals surface area contributed by atoms with Crippen molar-refractivity contribution in [2.24, 2.45) is 24.8 Å². The van der Waals surface area contributed by atoms with Gasteiger partial charge in [-0.25, -0.2) is 13.8 Å². The summed E-state index contributed by atoms with van der Waals surface area (Å²) in [5, 5.41) is 5.97. The van der Waals surface area contributed by atoms with Gasteiger partial charge in [0, 0.05) is 19.7 Å². The van der Waals surface area contributed by atoms with Crippen LogP contribution in [0.2, 0.25) is 5.02 Å². The van der Waals surface area contributed by atoms with Crippen LogP contribution in [0.5, 0.6) is 0 Å². The fourth-order valence-electron chi connectivity index (χ4n) is 4.62. The van der Waals surface area contributed by atoms with E-state index in [4.69, 9.17) is 11.6 Å². The van der Waals surface area contributed by atoms with Crippen LogP contribution in [-0.4, -0.2) is 22.0 Å². The molecule has 0 bridgehead atoms. The van der Waals surface area contributed by atoms with Crippen molar-refractivity contribution in [2.75, 3.05) is 11.9 Å². The molecular formula is C25H29ClF2N4O. The molecule has 2 N–H and O–H groups in total. The molecule has 1 heterocycles. The zero-order valence-electron chi connectivity index (χ0n) is 19.1. The molecule has 0 saturated heterocycles. The first kappa shape index (κ1) is 23.5. The molecule has 0 radical (unpaired) electrons. The molecule has 1 aliphatic carbocycles. The number of rotatable bonds is 6. The smallest absolute Gasteiger partial charge is 0.254 e. The van der Waals surface area contributed by atoms with Gasteiger partial charge in [-0.3, -0.25) is 4.79 Å². The summed E-state index contributed by atoms with van der Waals surface area (Å²) >= 11 is 6.09. The first-order chi connectivity index (χ1) is 15.7. The number of fused-ring (bicyclic) bond motifs is 1. The predicted molar refractivity (Wildman–Crippen MR) is 128 cm³/mol. The molecule has 33 heavy (non-hydrogen) atoms. The Morgan fingerprint density at radius 1 is 1.18 bits per heavy atom. The maximum absolute atomic E-state index is 14.8. The van der Waals surface area contributed by atoms with Crippen molar-refractivity contribution < 1.29 is 13.6 Å². The van der Waals surface area contributed by atoms with Crippen LogP contribution in [0.15, 0.2) is 30.3 Å². The van der Waals surface area contributed by atoms with E-state index in [1.807, 2.05) is 0 Å². The van der Waals surface area contributed by atoms with E-state index in [0.717, 1.165) is 18.8 Å². The van der Waals surface area contributed by atoms with Crippen molar-refractivity contribution in [1.82, 2.24) is 14.9 Å². The molecular weight excluding hydrogens is 446 g/mol. The van der Waals surface area contributed by atoms with Crippen LogP contribution in [-0.2, 0) is 7.05 Å². The number of halogens is 3. The summed E-state index contributed by atoms with van der Waals surface area (Å²) < 4.78 is 30.6. The first-order valence-electron chi connectivity index (χ1n) is 11.4. The Labute approximate surface area is 197 Å². The van der Waals surface area contributed by atoms with E-state index in [1.165, 1.54) is 37.1 Å². The van der Waals surface area contributed by atoms with Crippen molar-refractivity contribution in [2.45, 2.75) is 39.5 Å². The fourth-order valence-corrected chi connectivity index (χ4v) is 4.83. The minimum absolute atomic E-state index is 0.0491. The van der Waals surface area contributed by atoms with Crippen molar-refractivity contribution in [3.8, 4) is 0 Å². The second-order valence-electron chi connectivity index (χ2n) is 9.27. The van der Waals surface area contributed by atoms with E-state index in [1.54, 1.807) is 17.7 Å². The van der Waals surface area contributed by atoms with E-state index in [2.05, 4.69) is 29.5 Å². The predicted octanol–water partition coefficient (Wildman–Crippen LogP) is 6.44. The van der Waals surface area contributed by atoms with Crippen molar-refractivity contribution in [3.63, 3.8) is 0 Å². The highest BCUT2D eigenvalue weighted by Gasteiger charge is 2.24. The maximum atomic E-state index is 14.8. The number of para-hydroxylation sites is 1. The number of aryl methyl sites for hydroxylation is 1. The molecule has 0 aliphatic heterocycles. The quantitative estimate of drug-likeness (QED) is 0.432. The van der Waals surface area contributed by atoms with Crippen molar-refractivity contribution in [1.29, 1.82) is 0 Å².